The number of rotatable bonds is 7. The quantitative estimate of drug-likeness (QED) is 0.636. The van der Waals surface area contributed by atoms with Crippen LogP contribution in [0.4, 0.5) is 0 Å². The monoisotopic (exact) mass is 305 g/mol. The molecule has 0 aromatic carbocycles. The number of aryl methyl sites for hydroxylation is 2. The molecule has 1 rings (SSSR count). The molecule has 3 N–H and O–H groups in total. The summed E-state index contributed by atoms with van der Waals surface area (Å²) < 4.78 is 27.7. The number of hydrogen-bond acceptors (Lipinski definition) is 5. The first kappa shape index (κ1) is 16.6. The minimum Gasteiger partial charge on any atom is -0.480 e. The third-order valence-corrected chi connectivity index (χ3v) is 4.04. The Morgan fingerprint density at radius 3 is 2.60 bits per heavy atom. The van der Waals surface area contributed by atoms with E-state index >= 15 is 0 Å². The number of aliphatic hydroxyl groups excluding tert-OH is 1. The van der Waals surface area contributed by atoms with Crippen molar-refractivity contribution in [2.75, 3.05) is 0 Å². The zero-order valence-electron chi connectivity index (χ0n) is 11.6. The van der Waals surface area contributed by atoms with E-state index in [1.807, 2.05) is 11.6 Å². The molecule has 0 aliphatic heterocycles. The van der Waals surface area contributed by atoms with Crippen molar-refractivity contribution in [3.8, 4) is 0 Å². The van der Waals surface area contributed by atoms with Crippen LogP contribution in [0.2, 0.25) is 0 Å². The van der Waals surface area contributed by atoms with Gasteiger partial charge in [0, 0.05) is 12.7 Å². The van der Waals surface area contributed by atoms with Crippen LogP contribution in [0, 0.1) is 6.92 Å². The van der Waals surface area contributed by atoms with Gasteiger partial charge in [0.1, 0.15) is 11.9 Å². The van der Waals surface area contributed by atoms with Crippen LogP contribution in [-0.4, -0.2) is 46.3 Å². The number of aliphatic carboxylic acids is 1. The second-order valence-corrected chi connectivity index (χ2v) is 6.16. The second kappa shape index (κ2) is 6.33. The summed E-state index contributed by atoms with van der Waals surface area (Å²) in [6, 6.07) is -1.61. The van der Waals surface area contributed by atoms with Gasteiger partial charge in [0.25, 0.3) is 10.0 Å². The van der Waals surface area contributed by atoms with Crippen molar-refractivity contribution in [3.05, 3.63) is 12.0 Å². The van der Waals surface area contributed by atoms with E-state index in [-0.39, 0.29) is 5.03 Å². The molecule has 0 spiro atoms. The molecule has 2 atom stereocenters. The van der Waals surface area contributed by atoms with Crippen LogP contribution >= 0.6 is 0 Å². The van der Waals surface area contributed by atoms with E-state index in [1.54, 1.807) is 11.5 Å². The number of carbonyl (C=O) groups is 1. The molecule has 0 aliphatic rings. The Morgan fingerprint density at radius 2 is 2.15 bits per heavy atom. The first-order valence-electron chi connectivity index (χ1n) is 6.16. The van der Waals surface area contributed by atoms with Crippen LogP contribution < -0.4 is 4.72 Å². The molecule has 114 valence electrons. The molecular weight excluding hydrogens is 286 g/mol. The van der Waals surface area contributed by atoms with E-state index in [0.717, 1.165) is 6.42 Å². The van der Waals surface area contributed by atoms with E-state index in [9.17, 15) is 18.3 Å². The predicted molar refractivity (Wildman–Crippen MR) is 70.7 cm³/mol. The molecule has 20 heavy (non-hydrogen) atoms. The number of aliphatic hydroxyl groups is 1. The molecule has 0 aliphatic carbocycles. The topological polar surface area (TPSA) is 122 Å². The van der Waals surface area contributed by atoms with Gasteiger partial charge in [-0.15, -0.1) is 0 Å². The Balaban J connectivity index is 3.04. The number of hydrogen-bond donors (Lipinski definition) is 3. The average molecular weight is 305 g/mol. The highest BCUT2D eigenvalue weighted by Gasteiger charge is 2.30. The lowest BCUT2D eigenvalue weighted by Gasteiger charge is -2.16. The zero-order valence-corrected chi connectivity index (χ0v) is 12.4. The van der Waals surface area contributed by atoms with E-state index < -0.39 is 28.1 Å². The van der Waals surface area contributed by atoms with Crippen molar-refractivity contribution in [1.29, 1.82) is 0 Å². The summed E-state index contributed by atoms with van der Waals surface area (Å²) in [5.74, 6) is -0.926. The van der Waals surface area contributed by atoms with Crippen LogP contribution in [0.1, 0.15) is 26.1 Å². The van der Waals surface area contributed by atoms with Crippen molar-refractivity contribution >= 4 is 16.0 Å². The molecule has 0 bridgehead atoms. The number of imidazole rings is 1. The van der Waals surface area contributed by atoms with Gasteiger partial charge in [0.15, 0.2) is 5.03 Å². The predicted octanol–water partition coefficient (Wildman–Crippen LogP) is -0.286. The lowest BCUT2D eigenvalue weighted by Crippen LogP contribution is -2.47. The summed E-state index contributed by atoms with van der Waals surface area (Å²) in [6.07, 6.45) is 0.804. The largest absolute Gasteiger partial charge is 0.480 e. The summed E-state index contributed by atoms with van der Waals surface area (Å²) in [4.78, 5) is 14.8. The Kier molecular flexibility index (Phi) is 5.26. The molecular formula is C11H19N3O5S. The van der Waals surface area contributed by atoms with Gasteiger partial charge >= 0.3 is 5.97 Å². The van der Waals surface area contributed by atoms with Crippen LogP contribution in [0.5, 0.6) is 0 Å². The highest BCUT2D eigenvalue weighted by Crippen LogP contribution is 2.11. The number of sulfonamides is 1. The molecule has 0 fully saturated rings. The van der Waals surface area contributed by atoms with Crippen LogP contribution in [0.15, 0.2) is 11.2 Å². The maximum Gasteiger partial charge on any atom is 0.324 e. The number of nitrogens with one attached hydrogen (secondary N) is 1. The van der Waals surface area contributed by atoms with Crippen molar-refractivity contribution in [2.45, 2.75) is 50.9 Å². The third-order valence-electron chi connectivity index (χ3n) is 2.72. The summed E-state index contributed by atoms with van der Waals surface area (Å²) >= 11 is 0. The van der Waals surface area contributed by atoms with Gasteiger partial charge in [0.05, 0.1) is 6.10 Å². The van der Waals surface area contributed by atoms with Gasteiger partial charge in [-0.3, -0.25) is 4.79 Å². The fraction of sp³-hybridized carbons (Fsp3) is 0.636. The minimum atomic E-state index is -4.09. The Labute approximate surface area is 117 Å². The van der Waals surface area contributed by atoms with Gasteiger partial charge < -0.3 is 14.8 Å². The summed E-state index contributed by atoms with van der Waals surface area (Å²) in [5.41, 5.74) is 0. The zero-order chi connectivity index (χ0) is 15.5. The van der Waals surface area contributed by atoms with E-state index in [2.05, 4.69) is 4.98 Å². The molecule has 0 radical (unpaired) electrons. The molecule has 1 aromatic heterocycles. The van der Waals surface area contributed by atoms with Crippen molar-refractivity contribution in [2.24, 2.45) is 0 Å². The lowest BCUT2D eigenvalue weighted by molar-refractivity contribution is -0.141. The number of aromatic nitrogens is 2. The van der Waals surface area contributed by atoms with Gasteiger partial charge in [-0.05, 0) is 20.3 Å². The molecule has 2 unspecified atom stereocenters. The second-order valence-electron chi connectivity index (χ2n) is 4.50. The van der Waals surface area contributed by atoms with Crippen LogP contribution in [-0.2, 0) is 21.4 Å². The molecule has 9 heteroatoms. The van der Waals surface area contributed by atoms with Gasteiger partial charge in [0.2, 0.25) is 0 Å². The first-order chi connectivity index (χ1) is 9.19. The third kappa shape index (κ3) is 3.78. The van der Waals surface area contributed by atoms with Crippen LogP contribution in [0.25, 0.3) is 0 Å². The molecule has 8 nitrogen and oxygen atoms in total. The standard InChI is InChI=1S/C11H19N3O5S/c1-4-5-14-6-9(12-8(14)3)20(18,19)13-10(7(2)15)11(16)17/h6-7,10,13,15H,4-5H2,1-3H3,(H,16,17). The van der Waals surface area contributed by atoms with Crippen molar-refractivity contribution in [3.63, 3.8) is 0 Å². The number of carboxylic acids is 1. The fourth-order valence-corrected chi connectivity index (χ4v) is 2.93. The summed E-state index contributed by atoms with van der Waals surface area (Å²) in [6.45, 7) is 5.42. The average Bonchev–Trinajstić information content (AvgIpc) is 2.69. The maximum atomic E-state index is 12.1. The Hall–Kier alpha value is -1.45. The van der Waals surface area contributed by atoms with Crippen molar-refractivity contribution in [1.82, 2.24) is 14.3 Å². The SMILES string of the molecule is CCCn1cc(S(=O)(=O)NC(C(=O)O)C(C)O)nc1C. The lowest BCUT2D eigenvalue weighted by atomic mass is 10.2. The summed E-state index contributed by atoms with van der Waals surface area (Å²) in [7, 11) is -4.09. The van der Waals surface area contributed by atoms with Crippen LogP contribution in [0.3, 0.4) is 0 Å². The van der Waals surface area contributed by atoms with Crippen molar-refractivity contribution < 1.29 is 23.4 Å². The molecule has 1 heterocycles. The normalized spacial score (nSPS) is 15.0. The summed E-state index contributed by atoms with van der Waals surface area (Å²) in [5, 5.41) is 17.9. The van der Waals surface area contributed by atoms with E-state index in [4.69, 9.17) is 5.11 Å². The van der Waals surface area contributed by atoms with Gasteiger partial charge in [-0.1, -0.05) is 6.92 Å². The number of carboxylic acid groups (broad SMARTS) is 1. The number of nitrogens with zero attached hydrogens (tertiary/aromatic N) is 2. The minimum absolute atomic E-state index is 0.254. The highest BCUT2D eigenvalue weighted by molar-refractivity contribution is 7.89. The van der Waals surface area contributed by atoms with E-state index in [0.29, 0.717) is 12.4 Å². The Bertz CT molecular complexity index is 579. The molecule has 0 saturated carbocycles. The fourth-order valence-electron chi connectivity index (χ4n) is 1.66. The Morgan fingerprint density at radius 1 is 1.55 bits per heavy atom. The van der Waals surface area contributed by atoms with E-state index in [1.165, 1.54) is 13.1 Å². The molecule has 1 aromatic rings. The smallest absolute Gasteiger partial charge is 0.324 e. The van der Waals surface area contributed by atoms with Gasteiger partial charge in [-0.25, -0.2) is 13.4 Å². The maximum absolute atomic E-state index is 12.1. The first-order valence-corrected chi connectivity index (χ1v) is 7.64. The van der Waals surface area contributed by atoms with Gasteiger partial charge in [-0.2, -0.15) is 4.72 Å². The molecule has 0 saturated heterocycles. The highest BCUT2D eigenvalue weighted by atomic mass is 32.2. The molecule has 0 amide bonds.